The number of fused-ring (bicyclic) bond motifs is 1. The van der Waals surface area contributed by atoms with Crippen LogP contribution in [0.15, 0.2) is 63.9 Å². The SMILES string of the molecule is Cc1ccc(-c2nc(COC(=O)CSc3nc4ccccc4c(=O)n3CCC(C)C)cs2)cc1. The summed E-state index contributed by atoms with van der Waals surface area (Å²) in [6, 6.07) is 15.5. The van der Waals surface area contributed by atoms with Crippen molar-refractivity contribution >= 4 is 40.0 Å². The second-order valence-electron chi connectivity index (χ2n) is 8.51. The van der Waals surface area contributed by atoms with Crippen LogP contribution in [0.2, 0.25) is 0 Å². The number of aryl methyl sites for hydroxylation is 1. The van der Waals surface area contributed by atoms with E-state index in [0.717, 1.165) is 22.7 Å². The number of aromatic nitrogens is 3. The zero-order valence-electron chi connectivity index (χ0n) is 19.5. The molecule has 8 heteroatoms. The molecular formula is C26H27N3O3S2. The van der Waals surface area contributed by atoms with Gasteiger partial charge in [-0.1, -0.05) is 67.6 Å². The largest absolute Gasteiger partial charge is 0.459 e. The lowest BCUT2D eigenvalue weighted by atomic mass is 10.1. The summed E-state index contributed by atoms with van der Waals surface area (Å²) in [5.41, 5.74) is 3.52. The number of nitrogens with zero attached hydrogens (tertiary/aromatic N) is 3. The number of esters is 1. The number of carbonyl (C=O) groups is 1. The van der Waals surface area contributed by atoms with Crippen molar-refractivity contribution < 1.29 is 9.53 Å². The first kappa shape index (κ1) is 24.2. The first-order chi connectivity index (χ1) is 16.4. The Morgan fingerprint density at radius 1 is 1.12 bits per heavy atom. The van der Waals surface area contributed by atoms with E-state index >= 15 is 0 Å². The fourth-order valence-electron chi connectivity index (χ4n) is 3.36. The van der Waals surface area contributed by atoms with Gasteiger partial charge in [-0.05, 0) is 31.4 Å². The van der Waals surface area contributed by atoms with Gasteiger partial charge in [0.1, 0.15) is 11.6 Å². The molecule has 0 fully saturated rings. The van der Waals surface area contributed by atoms with E-state index in [1.54, 1.807) is 10.6 Å². The van der Waals surface area contributed by atoms with Crippen LogP contribution in [0.3, 0.4) is 0 Å². The van der Waals surface area contributed by atoms with Crippen molar-refractivity contribution in [1.82, 2.24) is 14.5 Å². The maximum Gasteiger partial charge on any atom is 0.316 e. The van der Waals surface area contributed by atoms with Crippen LogP contribution in [0, 0.1) is 12.8 Å². The van der Waals surface area contributed by atoms with Gasteiger partial charge in [0, 0.05) is 17.5 Å². The van der Waals surface area contributed by atoms with E-state index in [1.165, 1.54) is 28.7 Å². The maximum atomic E-state index is 13.0. The topological polar surface area (TPSA) is 74.1 Å². The molecule has 0 saturated carbocycles. The number of thioether (sulfide) groups is 1. The molecule has 176 valence electrons. The highest BCUT2D eigenvalue weighted by Crippen LogP contribution is 2.24. The van der Waals surface area contributed by atoms with E-state index in [2.05, 4.69) is 35.9 Å². The molecule has 0 saturated heterocycles. The van der Waals surface area contributed by atoms with E-state index in [9.17, 15) is 9.59 Å². The molecule has 0 aliphatic carbocycles. The van der Waals surface area contributed by atoms with Crippen LogP contribution in [-0.4, -0.2) is 26.3 Å². The number of benzene rings is 2. The summed E-state index contributed by atoms with van der Waals surface area (Å²) in [4.78, 5) is 34.7. The molecule has 2 heterocycles. The van der Waals surface area contributed by atoms with Gasteiger partial charge in [0.25, 0.3) is 5.56 Å². The Bertz CT molecular complexity index is 1340. The predicted molar refractivity (Wildman–Crippen MR) is 138 cm³/mol. The highest BCUT2D eigenvalue weighted by atomic mass is 32.2. The third kappa shape index (κ3) is 5.93. The molecule has 0 atom stereocenters. The number of hydrogen-bond donors (Lipinski definition) is 0. The van der Waals surface area contributed by atoms with Crippen LogP contribution >= 0.6 is 23.1 Å². The number of carbonyl (C=O) groups excluding carboxylic acids is 1. The first-order valence-electron chi connectivity index (χ1n) is 11.2. The Hall–Kier alpha value is -2.97. The van der Waals surface area contributed by atoms with Crippen LogP contribution in [0.4, 0.5) is 0 Å². The smallest absolute Gasteiger partial charge is 0.316 e. The van der Waals surface area contributed by atoms with E-state index in [4.69, 9.17) is 4.74 Å². The molecule has 4 aromatic rings. The Balaban J connectivity index is 1.40. The van der Waals surface area contributed by atoms with Crippen molar-refractivity contribution in [1.29, 1.82) is 0 Å². The molecule has 0 aliphatic heterocycles. The fraction of sp³-hybridized carbons (Fsp3) is 0.308. The van der Waals surface area contributed by atoms with Gasteiger partial charge in [0.2, 0.25) is 0 Å². The van der Waals surface area contributed by atoms with Gasteiger partial charge >= 0.3 is 5.97 Å². The van der Waals surface area contributed by atoms with Gasteiger partial charge in [-0.3, -0.25) is 14.2 Å². The third-order valence-electron chi connectivity index (χ3n) is 5.31. The molecule has 0 aliphatic rings. The van der Waals surface area contributed by atoms with E-state index < -0.39 is 0 Å². The van der Waals surface area contributed by atoms with Crippen LogP contribution in [0.1, 0.15) is 31.5 Å². The summed E-state index contributed by atoms with van der Waals surface area (Å²) in [7, 11) is 0. The van der Waals surface area contributed by atoms with Crippen LogP contribution in [-0.2, 0) is 22.7 Å². The van der Waals surface area contributed by atoms with Gasteiger partial charge in [-0.25, -0.2) is 9.97 Å². The first-order valence-corrected chi connectivity index (χ1v) is 13.1. The van der Waals surface area contributed by atoms with Gasteiger partial charge < -0.3 is 4.74 Å². The highest BCUT2D eigenvalue weighted by molar-refractivity contribution is 7.99. The quantitative estimate of drug-likeness (QED) is 0.169. The summed E-state index contributed by atoms with van der Waals surface area (Å²) < 4.78 is 7.12. The maximum absolute atomic E-state index is 13.0. The van der Waals surface area contributed by atoms with Gasteiger partial charge in [-0.2, -0.15) is 0 Å². The summed E-state index contributed by atoms with van der Waals surface area (Å²) in [5.74, 6) is 0.151. The van der Waals surface area contributed by atoms with E-state index in [-0.39, 0.29) is 23.9 Å². The Kier molecular flexibility index (Phi) is 7.80. The standard InChI is InChI=1S/C26H27N3O3S2/c1-17(2)12-13-29-25(31)21-6-4-5-7-22(21)28-26(29)34-16-23(30)32-14-20-15-33-24(27-20)19-10-8-18(3)9-11-19/h4-11,15,17H,12-14,16H2,1-3H3. The van der Waals surface area contributed by atoms with Gasteiger partial charge in [0.15, 0.2) is 5.16 Å². The van der Waals surface area contributed by atoms with E-state index in [1.807, 2.05) is 42.6 Å². The zero-order valence-corrected chi connectivity index (χ0v) is 21.1. The highest BCUT2D eigenvalue weighted by Gasteiger charge is 2.15. The molecule has 2 aromatic heterocycles. The fourth-order valence-corrected chi connectivity index (χ4v) is 5.00. The number of hydrogen-bond acceptors (Lipinski definition) is 7. The monoisotopic (exact) mass is 493 g/mol. The Morgan fingerprint density at radius 3 is 2.65 bits per heavy atom. The number of rotatable bonds is 9. The molecule has 0 unspecified atom stereocenters. The van der Waals surface area contributed by atoms with Crippen molar-refractivity contribution in [2.45, 2.75) is 45.5 Å². The summed E-state index contributed by atoms with van der Waals surface area (Å²) >= 11 is 2.76. The minimum absolute atomic E-state index is 0.0708. The molecular weight excluding hydrogens is 466 g/mol. The minimum atomic E-state index is -0.368. The molecule has 0 spiro atoms. The van der Waals surface area contributed by atoms with Crippen molar-refractivity contribution in [3.63, 3.8) is 0 Å². The Labute approximate surface area is 207 Å². The van der Waals surface area contributed by atoms with Crippen molar-refractivity contribution in [3.8, 4) is 10.6 Å². The van der Waals surface area contributed by atoms with Crippen molar-refractivity contribution in [2.24, 2.45) is 5.92 Å². The van der Waals surface area contributed by atoms with Crippen molar-refractivity contribution in [2.75, 3.05) is 5.75 Å². The molecule has 0 amide bonds. The number of para-hydroxylation sites is 1. The molecule has 34 heavy (non-hydrogen) atoms. The second kappa shape index (κ2) is 11.0. The van der Waals surface area contributed by atoms with E-state index in [0.29, 0.717) is 28.5 Å². The summed E-state index contributed by atoms with van der Waals surface area (Å²) in [5, 5.41) is 3.93. The second-order valence-corrected chi connectivity index (χ2v) is 10.3. The van der Waals surface area contributed by atoms with Gasteiger partial charge in [0.05, 0.1) is 22.3 Å². The minimum Gasteiger partial charge on any atom is -0.459 e. The lowest BCUT2D eigenvalue weighted by Gasteiger charge is -2.14. The molecule has 0 radical (unpaired) electrons. The summed E-state index contributed by atoms with van der Waals surface area (Å²) in [6.45, 7) is 6.96. The van der Waals surface area contributed by atoms with Crippen molar-refractivity contribution in [3.05, 3.63) is 75.5 Å². The Morgan fingerprint density at radius 2 is 1.88 bits per heavy atom. The molecule has 0 N–H and O–H groups in total. The molecule has 0 bridgehead atoms. The van der Waals surface area contributed by atoms with Gasteiger partial charge in [-0.15, -0.1) is 11.3 Å². The lowest BCUT2D eigenvalue weighted by molar-refractivity contribution is -0.141. The average Bonchev–Trinajstić information content (AvgIpc) is 3.30. The summed E-state index contributed by atoms with van der Waals surface area (Å²) in [6.07, 6.45) is 0.852. The predicted octanol–water partition coefficient (Wildman–Crippen LogP) is 5.71. The lowest BCUT2D eigenvalue weighted by Crippen LogP contribution is -2.24. The van der Waals surface area contributed by atoms with Crippen LogP contribution in [0.25, 0.3) is 21.5 Å². The molecule has 2 aromatic carbocycles. The molecule has 4 rings (SSSR count). The number of ether oxygens (including phenoxy) is 1. The van der Waals surface area contributed by atoms with Crippen LogP contribution < -0.4 is 5.56 Å². The number of thiazole rings is 1. The zero-order chi connectivity index (χ0) is 24.1. The third-order valence-corrected chi connectivity index (χ3v) is 7.20. The normalized spacial score (nSPS) is 11.3. The molecule has 6 nitrogen and oxygen atoms in total. The van der Waals surface area contributed by atoms with Crippen LogP contribution in [0.5, 0.6) is 0 Å². The average molecular weight is 494 g/mol.